The first-order chi connectivity index (χ1) is 8.49. The lowest BCUT2D eigenvalue weighted by Gasteiger charge is -2.14. The Balaban J connectivity index is 2.78. The molecule has 1 amide bonds. The number of benzene rings is 1. The Morgan fingerprint density at radius 2 is 1.89 bits per heavy atom. The van der Waals surface area contributed by atoms with Gasteiger partial charge in [0.1, 0.15) is 0 Å². The number of carbonyl (C=O) groups is 1. The summed E-state index contributed by atoms with van der Waals surface area (Å²) in [5.74, 6) is -0.400. The van der Waals surface area contributed by atoms with E-state index in [9.17, 15) is 4.79 Å². The van der Waals surface area contributed by atoms with Crippen molar-refractivity contribution in [3.05, 3.63) is 32.8 Å². The highest BCUT2D eigenvalue weighted by molar-refractivity contribution is 6.45. The maximum absolute atomic E-state index is 11.9. The van der Waals surface area contributed by atoms with Crippen LogP contribution in [0.5, 0.6) is 0 Å². The van der Waals surface area contributed by atoms with Gasteiger partial charge in [-0.25, -0.2) is 0 Å². The Kier molecular flexibility index (Phi) is 6.18. The molecule has 1 aromatic carbocycles. The van der Waals surface area contributed by atoms with Crippen LogP contribution in [0, 0.1) is 0 Å². The zero-order chi connectivity index (χ0) is 13.7. The second kappa shape index (κ2) is 7.16. The molecule has 0 saturated carbocycles. The van der Waals surface area contributed by atoms with Gasteiger partial charge in [0.25, 0.3) is 5.91 Å². The molecule has 1 N–H and O–H groups in total. The summed E-state index contributed by atoms with van der Waals surface area (Å²) < 4.78 is 9.88. The van der Waals surface area contributed by atoms with Crippen molar-refractivity contribution in [2.75, 3.05) is 20.8 Å². The molecule has 0 fully saturated rings. The molecule has 0 heterocycles. The summed E-state index contributed by atoms with van der Waals surface area (Å²) in [5.41, 5.74) is 0.208. The van der Waals surface area contributed by atoms with Gasteiger partial charge in [-0.15, -0.1) is 0 Å². The largest absolute Gasteiger partial charge is 0.354 e. The Morgan fingerprint density at radius 3 is 2.44 bits per heavy atom. The number of nitrogens with one attached hydrogen (secondary N) is 1. The second-order valence-electron chi connectivity index (χ2n) is 3.36. The predicted molar refractivity (Wildman–Crippen MR) is 71.6 cm³/mol. The average Bonchev–Trinajstić information content (AvgIpc) is 2.34. The molecule has 0 aliphatic heterocycles. The lowest BCUT2D eigenvalue weighted by molar-refractivity contribution is -0.0974. The zero-order valence-electron chi connectivity index (χ0n) is 9.80. The van der Waals surface area contributed by atoms with E-state index in [2.05, 4.69) is 5.32 Å². The Morgan fingerprint density at radius 1 is 1.28 bits per heavy atom. The van der Waals surface area contributed by atoms with Crippen LogP contribution < -0.4 is 5.32 Å². The SMILES string of the molecule is COC(CNC(=O)c1cc(Cl)cc(Cl)c1Cl)OC. The van der Waals surface area contributed by atoms with Crippen LogP contribution in [0.15, 0.2) is 12.1 Å². The van der Waals surface area contributed by atoms with Crippen LogP contribution in [0.2, 0.25) is 15.1 Å². The summed E-state index contributed by atoms with van der Waals surface area (Å²) in [6.07, 6.45) is -0.526. The molecular formula is C11H12Cl3NO3. The van der Waals surface area contributed by atoms with Crippen molar-refractivity contribution in [3.63, 3.8) is 0 Å². The monoisotopic (exact) mass is 311 g/mol. The van der Waals surface area contributed by atoms with E-state index in [1.807, 2.05) is 0 Å². The fourth-order valence-corrected chi connectivity index (χ4v) is 1.94. The van der Waals surface area contributed by atoms with Gasteiger partial charge >= 0.3 is 0 Å². The van der Waals surface area contributed by atoms with E-state index in [0.717, 1.165) is 0 Å². The van der Waals surface area contributed by atoms with Gasteiger partial charge in [0.05, 0.1) is 22.2 Å². The highest BCUT2D eigenvalue weighted by Crippen LogP contribution is 2.29. The number of hydrogen-bond acceptors (Lipinski definition) is 3. The summed E-state index contributed by atoms with van der Waals surface area (Å²) in [5, 5.41) is 3.33. The van der Waals surface area contributed by atoms with Gasteiger partial charge in [0.2, 0.25) is 0 Å². The molecule has 0 spiro atoms. The molecular weight excluding hydrogens is 300 g/mol. The molecule has 0 aliphatic carbocycles. The zero-order valence-corrected chi connectivity index (χ0v) is 12.1. The van der Waals surface area contributed by atoms with Crippen LogP contribution in [-0.4, -0.2) is 33.0 Å². The number of amides is 1. The van der Waals surface area contributed by atoms with Crippen LogP contribution in [-0.2, 0) is 9.47 Å². The number of hydrogen-bond donors (Lipinski definition) is 1. The van der Waals surface area contributed by atoms with Crippen molar-refractivity contribution in [3.8, 4) is 0 Å². The molecule has 4 nitrogen and oxygen atoms in total. The second-order valence-corrected chi connectivity index (χ2v) is 4.58. The van der Waals surface area contributed by atoms with Crippen LogP contribution >= 0.6 is 34.8 Å². The van der Waals surface area contributed by atoms with Gasteiger partial charge in [-0.3, -0.25) is 4.79 Å². The van der Waals surface area contributed by atoms with Gasteiger partial charge in [0.15, 0.2) is 6.29 Å². The van der Waals surface area contributed by atoms with Crippen molar-refractivity contribution < 1.29 is 14.3 Å². The Hall–Kier alpha value is -0.520. The molecule has 18 heavy (non-hydrogen) atoms. The Bertz CT molecular complexity index is 436. The summed E-state index contributed by atoms with van der Waals surface area (Å²) in [6.45, 7) is 0.187. The molecule has 0 unspecified atom stereocenters. The minimum absolute atomic E-state index is 0.157. The molecule has 1 aromatic rings. The maximum Gasteiger partial charge on any atom is 0.253 e. The molecule has 7 heteroatoms. The van der Waals surface area contributed by atoms with Crippen molar-refractivity contribution in [2.24, 2.45) is 0 Å². The molecule has 0 bridgehead atoms. The highest BCUT2D eigenvalue weighted by atomic mass is 35.5. The van der Waals surface area contributed by atoms with Gasteiger partial charge in [-0.2, -0.15) is 0 Å². The lowest BCUT2D eigenvalue weighted by Crippen LogP contribution is -2.34. The molecule has 100 valence electrons. The number of halogens is 3. The topological polar surface area (TPSA) is 47.6 Å². The summed E-state index contributed by atoms with van der Waals surface area (Å²) in [4.78, 5) is 11.9. The van der Waals surface area contributed by atoms with Crippen LogP contribution in [0.1, 0.15) is 10.4 Å². The minimum atomic E-state index is -0.526. The molecule has 0 radical (unpaired) electrons. The fraction of sp³-hybridized carbons (Fsp3) is 0.364. The van der Waals surface area contributed by atoms with Crippen molar-refractivity contribution in [2.45, 2.75) is 6.29 Å². The van der Waals surface area contributed by atoms with Crippen LogP contribution in [0.25, 0.3) is 0 Å². The van der Waals surface area contributed by atoms with Crippen LogP contribution in [0.4, 0.5) is 0 Å². The van der Waals surface area contributed by atoms with E-state index in [4.69, 9.17) is 44.3 Å². The fourth-order valence-electron chi connectivity index (χ4n) is 1.26. The van der Waals surface area contributed by atoms with Crippen molar-refractivity contribution in [1.82, 2.24) is 5.32 Å². The third-order valence-electron chi connectivity index (χ3n) is 2.19. The molecule has 0 saturated heterocycles. The molecule has 1 rings (SSSR count). The standard InChI is InChI=1S/C11H12Cl3NO3/c1-17-9(18-2)5-15-11(16)7-3-6(12)4-8(13)10(7)14/h3-4,9H,5H2,1-2H3,(H,15,16). The van der Waals surface area contributed by atoms with E-state index in [1.165, 1.54) is 26.4 Å². The Labute approximate surface area is 120 Å². The third-order valence-corrected chi connectivity index (χ3v) is 3.21. The summed E-state index contributed by atoms with van der Waals surface area (Å²) in [6, 6.07) is 2.91. The number of methoxy groups -OCH3 is 2. The third kappa shape index (κ3) is 4.00. The van der Waals surface area contributed by atoms with Crippen molar-refractivity contribution >= 4 is 40.7 Å². The molecule has 0 aromatic heterocycles. The normalized spacial score (nSPS) is 10.8. The molecule has 0 aliphatic rings. The van der Waals surface area contributed by atoms with E-state index in [0.29, 0.717) is 5.02 Å². The van der Waals surface area contributed by atoms with E-state index < -0.39 is 12.2 Å². The summed E-state index contributed by atoms with van der Waals surface area (Å²) >= 11 is 17.6. The summed E-state index contributed by atoms with van der Waals surface area (Å²) in [7, 11) is 2.95. The van der Waals surface area contributed by atoms with Gasteiger partial charge in [-0.1, -0.05) is 34.8 Å². The number of rotatable bonds is 5. The first-order valence-electron chi connectivity index (χ1n) is 4.98. The smallest absolute Gasteiger partial charge is 0.253 e. The first kappa shape index (κ1) is 15.5. The lowest BCUT2D eigenvalue weighted by atomic mass is 10.2. The first-order valence-corrected chi connectivity index (χ1v) is 6.11. The van der Waals surface area contributed by atoms with Crippen LogP contribution in [0.3, 0.4) is 0 Å². The number of ether oxygens (including phenoxy) is 2. The van der Waals surface area contributed by atoms with Crippen molar-refractivity contribution in [1.29, 1.82) is 0 Å². The average molecular weight is 313 g/mol. The predicted octanol–water partition coefficient (Wildman–Crippen LogP) is 3.00. The van der Waals surface area contributed by atoms with Gasteiger partial charge < -0.3 is 14.8 Å². The van der Waals surface area contributed by atoms with E-state index in [1.54, 1.807) is 0 Å². The van der Waals surface area contributed by atoms with E-state index >= 15 is 0 Å². The van der Waals surface area contributed by atoms with E-state index in [-0.39, 0.29) is 22.2 Å². The maximum atomic E-state index is 11.9. The van der Waals surface area contributed by atoms with Gasteiger partial charge in [-0.05, 0) is 12.1 Å². The number of carbonyl (C=O) groups excluding carboxylic acids is 1. The quantitative estimate of drug-likeness (QED) is 0.671. The minimum Gasteiger partial charge on any atom is -0.354 e. The van der Waals surface area contributed by atoms with Gasteiger partial charge in [0, 0.05) is 19.2 Å². The molecule has 0 atom stereocenters. The highest BCUT2D eigenvalue weighted by Gasteiger charge is 2.15.